The molecule has 0 saturated heterocycles. The molecule has 15 heavy (non-hydrogen) atoms. The van der Waals surface area contributed by atoms with Crippen LogP contribution in [-0.4, -0.2) is 17.1 Å². The molecular formula is C11H14N2O2. The van der Waals surface area contributed by atoms with Gasteiger partial charge in [-0.2, -0.15) is 0 Å². The van der Waals surface area contributed by atoms with Crippen LogP contribution in [0.25, 0.3) is 0 Å². The van der Waals surface area contributed by atoms with E-state index in [0.29, 0.717) is 6.42 Å². The topological polar surface area (TPSA) is 67.8 Å². The molecule has 1 aliphatic heterocycles. The van der Waals surface area contributed by atoms with Crippen molar-refractivity contribution < 1.29 is 9.94 Å². The number of oxime groups is 1. The average molecular weight is 206 g/mol. The predicted molar refractivity (Wildman–Crippen MR) is 57.3 cm³/mol. The first-order chi connectivity index (χ1) is 7.19. The Labute approximate surface area is 88.3 Å². The molecule has 1 aliphatic rings. The van der Waals surface area contributed by atoms with Crippen LogP contribution in [-0.2, 0) is 12.8 Å². The second-order valence-corrected chi connectivity index (χ2v) is 3.84. The van der Waals surface area contributed by atoms with E-state index < -0.39 is 0 Å². The lowest BCUT2D eigenvalue weighted by Crippen LogP contribution is -2.14. The van der Waals surface area contributed by atoms with E-state index in [1.54, 1.807) is 0 Å². The minimum atomic E-state index is 0.224. The van der Waals surface area contributed by atoms with Gasteiger partial charge in [0, 0.05) is 12.8 Å². The van der Waals surface area contributed by atoms with Crippen LogP contribution in [0.1, 0.15) is 18.1 Å². The molecule has 4 heteroatoms. The molecule has 1 heterocycles. The van der Waals surface area contributed by atoms with Crippen LogP contribution < -0.4 is 10.5 Å². The summed E-state index contributed by atoms with van der Waals surface area (Å²) in [5.41, 5.74) is 7.69. The maximum atomic E-state index is 8.47. The molecule has 1 unspecified atom stereocenters. The van der Waals surface area contributed by atoms with Gasteiger partial charge in [0.25, 0.3) is 0 Å². The molecule has 3 N–H and O–H groups in total. The Balaban J connectivity index is 2.20. The maximum absolute atomic E-state index is 8.47. The third-order valence-electron chi connectivity index (χ3n) is 2.47. The molecule has 0 aromatic heterocycles. The van der Waals surface area contributed by atoms with Crippen LogP contribution in [0.2, 0.25) is 0 Å². The fourth-order valence-electron chi connectivity index (χ4n) is 1.83. The summed E-state index contributed by atoms with van der Waals surface area (Å²) in [7, 11) is 0. The second kappa shape index (κ2) is 3.81. The number of benzene rings is 1. The zero-order chi connectivity index (χ0) is 10.8. The van der Waals surface area contributed by atoms with Gasteiger partial charge in [0.1, 0.15) is 17.7 Å². The lowest BCUT2D eigenvalue weighted by atomic mass is 10.0. The van der Waals surface area contributed by atoms with E-state index in [9.17, 15) is 0 Å². The third-order valence-corrected chi connectivity index (χ3v) is 2.47. The molecular weight excluding hydrogens is 192 g/mol. The third kappa shape index (κ3) is 2.03. The highest BCUT2D eigenvalue weighted by Crippen LogP contribution is 2.29. The molecule has 0 radical (unpaired) electrons. The van der Waals surface area contributed by atoms with E-state index in [1.807, 2.05) is 19.1 Å². The lowest BCUT2D eigenvalue weighted by molar-refractivity contribution is 0.254. The Kier molecular flexibility index (Phi) is 2.49. The van der Waals surface area contributed by atoms with Crippen molar-refractivity contribution in [2.75, 3.05) is 0 Å². The molecule has 4 nitrogen and oxygen atoms in total. The van der Waals surface area contributed by atoms with Crippen LogP contribution in [0.15, 0.2) is 23.4 Å². The van der Waals surface area contributed by atoms with E-state index in [0.717, 1.165) is 17.7 Å². The summed E-state index contributed by atoms with van der Waals surface area (Å²) < 4.78 is 5.58. The smallest absolute Gasteiger partial charge is 0.143 e. The zero-order valence-electron chi connectivity index (χ0n) is 8.60. The van der Waals surface area contributed by atoms with Crippen molar-refractivity contribution in [2.24, 2.45) is 10.9 Å². The van der Waals surface area contributed by atoms with Gasteiger partial charge in [-0.05, 0) is 24.1 Å². The summed E-state index contributed by atoms with van der Waals surface area (Å²) >= 11 is 0. The summed E-state index contributed by atoms with van der Waals surface area (Å²) in [4.78, 5) is 0. The molecule has 0 bridgehead atoms. The minimum Gasteiger partial charge on any atom is -0.490 e. The van der Waals surface area contributed by atoms with E-state index in [2.05, 4.69) is 11.2 Å². The van der Waals surface area contributed by atoms with Crippen LogP contribution in [0.4, 0.5) is 0 Å². The van der Waals surface area contributed by atoms with Crippen molar-refractivity contribution in [3.05, 3.63) is 29.3 Å². The second-order valence-electron chi connectivity index (χ2n) is 3.84. The average Bonchev–Trinajstić information content (AvgIpc) is 2.57. The summed E-state index contributed by atoms with van der Waals surface area (Å²) in [6.07, 6.45) is 1.65. The number of hydrogen-bond acceptors (Lipinski definition) is 3. The molecule has 0 spiro atoms. The number of nitrogens with zero attached hydrogens (tertiary/aromatic N) is 1. The van der Waals surface area contributed by atoms with Crippen LogP contribution in [0.5, 0.6) is 5.75 Å². The lowest BCUT2D eigenvalue weighted by Gasteiger charge is -2.03. The summed E-state index contributed by atoms with van der Waals surface area (Å²) in [6.45, 7) is 2.04. The number of hydrogen-bond donors (Lipinski definition) is 2. The van der Waals surface area contributed by atoms with Gasteiger partial charge in [-0.3, -0.25) is 0 Å². The number of rotatable bonds is 2. The van der Waals surface area contributed by atoms with Gasteiger partial charge >= 0.3 is 0 Å². The van der Waals surface area contributed by atoms with Crippen molar-refractivity contribution in [1.82, 2.24) is 0 Å². The monoisotopic (exact) mass is 206 g/mol. The Morgan fingerprint density at radius 1 is 1.67 bits per heavy atom. The zero-order valence-corrected chi connectivity index (χ0v) is 8.60. The number of amidine groups is 1. The van der Waals surface area contributed by atoms with Crippen LogP contribution >= 0.6 is 0 Å². The summed E-state index contributed by atoms with van der Waals surface area (Å²) in [6, 6.07) is 5.94. The quantitative estimate of drug-likeness (QED) is 0.331. The molecule has 80 valence electrons. The van der Waals surface area contributed by atoms with Crippen molar-refractivity contribution >= 4 is 5.84 Å². The first kappa shape index (κ1) is 9.83. The van der Waals surface area contributed by atoms with Crippen molar-refractivity contribution in [3.8, 4) is 5.75 Å². The first-order valence-electron chi connectivity index (χ1n) is 4.94. The normalized spacial score (nSPS) is 19.8. The number of ether oxygens (including phenoxy) is 1. The Morgan fingerprint density at radius 2 is 2.47 bits per heavy atom. The molecule has 1 aromatic carbocycles. The molecule has 1 atom stereocenters. The van der Waals surface area contributed by atoms with Crippen LogP contribution in [0, 0.1) is 0 Å². The molecule has 1 aromatic rings. The minimum absolute atomic E-state index is 0.224. The Hall–Kier alpha value is -1.71. The highest BCUT2D eigenvalue weighted by molar-refractivity contribution is 5.82. The summed E-state index contributed by atoms with van der Waals surface area (Å²) in [5.74, 6) is 1.17. The summed E-state index contributed by atoms with van der Waals surface area (Å²) in [5, 5.41) is 11.4. The van der Waals surface area contributed by atoms with Gasteiger partial charge in [-0.25, -0.2) is 0 Å². The molecule has 2 rings (SSSR count). The molecule has 0 amide bonds. The van der Waals surface area contributed by atoms with E-state index >= 15 is 0 Å². The SMILES string of the molecule is CC1Cc2cc(C/C(N)=N/O)ccc2O1. The fourth-order valence-corrected chi connectivity index (χ4v) is 1.83. The van der Waals surface area contributed by atoms with Gasteiger partial charge < -0.3 is 15.7 Å². The van der Waals surface area contributed by atoms with Crippen molar-refractivity contribution in [2.45, 2.75) is 25.9 Å². The van der Waals surface area contributed by atoms with Crippen molar-refractivity contribution in [3.63, 3.8) is 0 Å². The van der Waals surface area contributed by atoms with E-state index in [-0.39, 0.29) is 11.9 Å². The molecule has 0 aliphatic carbocycles. The largest absolute Gasteiger partial charge is 0.490 e. The predicted octanol–water partition coefficient (Wildman–Crippen LogP) is 1.30. The Bertz CT molecular complexity index is 402. The highest BCUT2D eigenvalue weighted by atomic mass is 16.5. The number of fused-ring (bicyclic) bond motifs is 1. The molecule has 0 fully saturated rings. The first-order valence-corrected chi connectivity index (χ1v) is 4.94. The van der Waals surface area contributed by atoms with Gasteiger partial charge in [0.15, 0.2) is 0 Å². The van der Waals surface area contributed by atoms with Gasteiger partial charge in [-0.15, -0.1) is 0 Å². The van der Waals surface area contributed by atoms with Crippen LogP contribution in [0.3, 0.4) is 0 Å². The standard InChI is InChI=1S/C11H14N2O2/c1-7-4-9-5-8(6-11(12)13-14)2-3-10(9)15-7/h2-3,5,7,14H,4,6H2,1H3,(H2,12,13). The Morgan fingerprint density at radius 3 is 3.20 bits per heavy atom. The van der Waals surface area contributed by atoms with E-state index in [4.69, 9.17) is 15.7 Å². The number of nitrogens with two attached hydrogens (primary N) is 1. The highest BCUT2D eigenvalue weighted by Gasteiger charge is 2.18. The van der Waals surface area contributed by atoms with Gasteiger partial charge in [0.05, 0.1) is 0 Å². The van der Waals surface area contributed by atoms with E-state index in [1.165, 1.54) is 5.56 Å². The maximum Gasteiger partial charge on any atom is 0.143 e. The fraction of sp³-hybridized carbons (Fsp3) is 0.364. The molecule has 0 saturated carbocycles. The van der Waals surface area contributed by atoms with Gasteiger partial charge in [0.2, 0.25) is 0 Å². The van der Waals surface area contributed by atoms with Gasteiger partial charge in [-0.1, -0.05) is 17.3 Å². The van der Waals surface area contributed by atoms with Crippen molar-refractivity contribution in [1.29, 1.82) is 0 Å².